The fourth-order valence-corrected chi connectivity index (χ4v) is 3.59. The lowest BCUT2D eigenvalue weighted by Crippen LogP contribution is -2.30. The van der Waals surface area contributed by atoms with Gasteiger partial charge in [0.1, 0.15) is 12.3 Å². The summed E-state index contributed by atoms with van der Waals surface area (Å²) in [5.41, 5.74) is 3.27. The number of nitriles is 1. The second kappa shape index (κ2) is 9.04. The Morgan fingerprint density at radius 3 is 2.71 bits per heavy atom. The van der Waals surface area contributed by atoms with Crippen LogP contribution in [0.25, 0.3) is 0 Å². The van der Waals surface area contributed by atoms with Crippen molar-refractivity contribution in [1.82, 2.24) is 0 Å². The molecule has 0 aromatic heterocycles. The normalized spacial score (nSPS) is 13.2. The number of ether oxygens (including phenoxy) is 1. The number of amides is 1. The molecule has 1 amide bonds. The van der Waals surface area contributed by atoms with Gasteiger partial charge in [-0.3, -0.25) is 9.69 Å². The van der Waals surface area contributed by atoms with E-state index in [0.717, 1.165) is 34.3 Å². The van der Waals surface area contributed by atoms with E-state index in [0.29, 0.717) is 23.0 Å². The van der Waals surface area contributed by atoms with E-state index in [2.05, 4.69) is 32.6 Å². The van der Waals surface area contributed by atoms with Crippen molar-refractivity contribution in [2.45, 2.75) is 19.3 Å². The van der Waals surface area contributed by atoms with Gasteiger partial charge in [0, 0.05) is 22.6 Å². The van der Waals surface area contributed by atoms with Gasteiger partial charge in [-0.05, 0) is 61.0 Å². The van der Waals surface area contributed by atoms with E-state index in [-0.39, 0.29) is 12.5 Å². The molecule has 0 aliphatic carbocycles. The number of carbonyl (C=O) groups excluding carboxylic acids is 1. The summed E-state index contributed by atoms with van der Waals surface area (Å²) in [6.07, 6.45) is 1.90. The van der Waals surface area contributed by atoms with Gasteiger partial charge in [-0.2, -0.15) is 5.26 Å². The monoisotopic (exact) mass is 458 g/mol. The van der Waals surface area contributed by atoms with Crippen LogP contribution in [0.1, 0.15) is 18.4 Å². The summed E-state index contributed by atoms with van der Waals surface area (Å²) in [6.45, 7) is 0.0191. The first-order chi connectivity index (χ1) is 13.5. The summed E-state index contributed by atoms with van der Waals surface area (Å²) in [7, 11) is 1.56. The first kappa shape index (κ1) is 20.1. The number of hydrogen-bond acceptors (Lipinski definition) is 4. The summed E-state index contributed by atoms with van der Waals surface area (Å²) in [6, 6.07) is 13.5. The maximum absolute atomic E-state index is 12.3. The molecule has 0 unspecified atom stereocenters. The second-order valence-electron chi connectivity index (χ2n) is 6.26. The quantitative estimate of drug-likeness (QED) is 0.520. The average molecular weight is 459 g/mol. The van der Waals surface area contributed by atoms with Crippen LogP contribution in [0, 0.1) is 11.3 Å². The summed E-state index contributed by atoms with van der Waals surface area (Å²) < 4.78 is 6.49. The third-order valence-corrected chi connectivity index (χ3v) is 5.14. The van der Waals surface area contributed by atoms with Gasteiger partial charge in [0.05, 0.1) is 24.6 Å². The number of anilines is 3. The summed E-state index contributed by atoms with van der Waals surface area (Å²) in [4.78, 5) is 13.9. The number of methoxy groups -OCH3 is 1. The summed E-state index contributed by atoms with van der Waals surface area (Å²) >= 11 is 8.83. The van der Waals surface area contributed by atoms with E-state index in [1.165, 1.54) is 4.90 Å². The maximum Gasteiger partial charge on any atom is 0.227 e. The van der Waals surface area contributed by atoms with Crippen LogP contribution in [0.4, 0.5) is 17.1 Å². The van der Waals surface area contributed by atoms with Gasteiger partial charge in [-0.1, -0.05) is 15.9 Å². The maximum atomic E-state index is 12.3. The lowest BCUT2D eigenvalue weighted by molar-refractivity contribution is -0.118. The molecule has 0 atom stereocenters. The largest absolute Gasteiger partial charge is 0.494 e. The molecule has 1 aliphatic rings. The molecule has 0 spiro atoms. The molecule has 0 bridgehead atoms. The molecule has 28 heavy (non-hydrogen) atoms. The van der Waals surface area contributed by atoms with E-state index in [4.69, 9.17) is 22.2 Å². The predicted molar refractivity (Wildman–Crippen MR) is 118 cm³/mol. The standard InChI is InChI=1S/C20H19BrN4O2S/c1-27-18-12-17-13(3-2-4-19(26)25(17)10-9-22)11-16(18)24-20(28)23-15-7-5-14(21)6-8-15/h5-8,11-12H,2-4,10H2,1H3,(H2,23,24,28). The molecule has 2 aromatic rings. The number of benzene rings is 2. The van der Waals surface area contributed by atoms with Crippen molar-refractivity contribution < 1.29 is 9.53 Å². The number of thiocarbonyl (C=S) groups is 1. The van der Waals surface area contributed by atoms with Crippen molar-refractivity contribution in [2.24, 2.45) is 0 Å². The van der Waals surface area contributed by atoms with Gasteiger partial charge < -0.3 is 15.4 Å². The Kier molecular flexibility index (Phi) is 6.49. The average Bonchev–Trinajstić information content (AvgIpc) is 2.82. The molecule has 3 rings (SSSR count). The SMILES string of the molecule is COc1cc2c(cc1NC(=S)Nc1ccc(Br)cc1)CCCC(=O)N2CC#N. The molecule has 0 saturated carbocycles. The molecule has 0 fully saturated rings. The number of hydrogen-bond donors (Lipinski definition) is 2. The number of halogens is 1. The number of carbonyl (C=O) groups is 1. The Hall–Kier alpha value is -2.63. The third-order valence-electron chi connectivity index (χ3n) is 4.41. The zero-order valence-corrected chi connectivity index (χ0v) is 17.7. The van der Waals surface area contributed by atoms with E-state index in [9.17, 15) is 4.79 Å². The molecular weight excluding hydrogens is 440 g/mol. The van der Waals surface area contributed by atoms with Gasteiger partial charge in [0.2, 0.25) is 5.91 Å². The number of nitrogens with one attached hydrogen (secondary N) is 2. The van der Waals surface area contributed by atoms with Crippen LogP contribution in [0.3, 0.4) is 0 Å². The van der Waals surface area contributed by atoms with Crippen LogP contribution < -0.4 is 20.3 Å². The number of nitrogens with zero attached hydrogens (tertiary/aromatic N) is 2. The minimum absolute atomic E-state index is 0.0191. The van der Waals surface area contributed by atoms with Crippen molar-refractivity contribution in [3.63, 3.8) is 0 Å². The minimum atomic E-state index is -0.0458. The highest BCUT2D eigenvalue weighted by Gasteiger charge is 2.24. The van der Waals surface area contributed by atoms with Crippen molar-refractivity contribution in [2.75, 3.05) is 29.2 Å². The third kappa shape index (κ3) is 4.61. The van der Waals surface area contributed by atoms with Crippen LogP contribution in [0.2, 0.25) is 0 Å². The predicted octanol–water partition coefficient (Wildman–Crippen LogP) is 4.46. The Bertz CT molecular complexity index is 940. The Morgan fingerprint density at radius 2 is 2.04 bits per heavy atom. The first-order valence-corrected chi connectivity index (χ1v) is 9.93. The molecule has 0 radical (unpaired) electrons. The second-order valence-corrected chi connectivity index (χ2v) is 7.58. The van der Waals surface area contributed by atoms with Crippen LogP contribution in [-0.2, 0) is 11.2 Å². The lowest BCUT2D eigenvalue weighted by atomic mass is 10.1. The van der Waals surface area contributed by atoms with Crippen molar-refractivity contribution in [3.05, 3.63) is 46.4 Å². The fourth-order valence-electron chi connectivity index (χ4n) is 3.09. The highest BCUT2D eigenvalue weighted by Crippen LogP contribution is 2.36. The minimum Gasteiger partial charge on any atom is -0.494 e. The van der Waals surface area contributed by atoms with Crippen molar-refractivity contribution in [3.8, 4) is 11.8 Å². The molecule has 6 nitrogen and oxygen atoms in total. The number of fused-ring (bicyclic) bond motifs is 1. The molecule has 2 aromatic carbocycles. The van der Waals surface area contributed by atoms with Gasteiger partial charge >= 0.3 is 0 Å². The smallest absolute Gasteiger partial charge is 0.227 e. The van der Waals surface area contributed by atoms with Gasteiger partial charge in [0.15, 0.2) is 5.11 Å². The number of aryl methyl sites for hydroxylation is 1. The molecule has 144 valence electrons. The van der Waals surface area contributed by atoms with Crippen molar-refractivity contribution in [1.29, 1.82) is 5.26 Å². The van der Waals surface area contributed by atoms with Crippen LogP contribution in [0.15, 0.2) is 40.9 Å². The molecule has 0 saturated heterocycles. The molecular formula is C20H19BrN4O2S. The van der Waals surface area contributed by atoms with Crippen LogP contribution >= 0.6 is 28.1 Å². The van der Waals surface area contributed by atoms with Gasteiger partial charge in [-0.25, -0.2) is 0 Å². The zero-order valence-electron chi connectivity index (χ0n) is 15.3. The lowest BCUT2D eigenvalue weighted by Gasteiger charge is -2.22. The van der Waals surface area contributed by atoms with E-state index in [1.54, 1.807) is 13.2 Å². The summed E-state index contributed by atoms with van der Waals surface area (Å²) in [5.74, 6) is 0.506. The Morgan fingerprint density at radius 1 is 1.29 bits per heavy atom. The Labute approximate surface area is 177 Å². The number of rotatable bonds is 4. The topological polar surface area (TPSA) is 77.4 Å². The highest BCUT2D eigenvalue weighted by molar-refractivity contribution is 9.10. The molecule has 2 N–H and O–H groups in total. The van der Waals surface area contributed by atoms with Crippen LogP contribution in [0.5, 0.6) is 5.75 Å². The summed E-state index contributed by atoms with van der Waals surface area (Å²) in [5, 5.41) is 15.8. The highest BCUT2D eigenvalue weighted by atomic mass is 79.9. The fraction of sp³-hybridized carbons (Fsp3) is 0.250. The Balaban J connectivity index is 1.86. The molecule has 1 aliphatic heterocycles. The molecule has 1 heterocycles. The van der Waals surface area contributed by atoms with Gasteiger partial charge in [0.25, 0.3) is 0 Å². The van der Waals surface area contributed by atoms with E-state index in [1.807, 2.05) is 30.3 Å². The van der Waals surface area contributed by atoms with Crippen molar-refractivity contribution >= 4 is 56.2 Å². The first-order valence-electron chi connectivity index (χ1n) is 8.73. The van der Waals surface area contributed by atoms with Crippen LogP contribution in [-0.4, -0.2) is 24.7 Å². The zero-order chi connectivity index (χ0) is 20.1. The molecule has 8 heteroatoms. The van der Waals surface area contributed by atoms with E-state index >= 15 is 0 Å². The van der Waals surface area contributed by atoms with E-state index < -0.39 is 0 Å². The van der Waals surface area contributed by atoms with Gasteiger partial charge in [-0.15, -0.1) is 0 Å².